The average molecular weight is 285 g/mol. The monoisotopic (exact) mass is 284 g/mol. The molecule has 0 radical (unpaired) electrons. The molecule has 3 N–H and O–H groups in total. The van der Waals surface area contributed by atoms with E-state index in [-0.39, 0.29) is 4.99 Å². The van der Waals surface area contributed by atoms with Crippen LogP contribution < -0.4 is 11.1 Å². The molecule has 1 aromatic carbocycles. The van der Waals surface area contributed by atoms with Gasteiger partial charge in [0, 0.05) is 10.6 Å². The second-order valence-electron chi connectivity index (χ2n) is 2.88. The van der Waals surface area contributed by atoms with Gasteiger partial charge in [0.15, 0.2) is 11.4 Å². The first-order valence-corrected chi connectivity index (χ1v) is 6.46. The normalized spacial score (nSPS) is 10.8. The molecule has 0 aliphatic carbocycles. The van der Waals surface area contributed by atoms with Crippen LogP contribution in [0, 0.1) is 11.5 Å². The largest absolute Gasteiger partial charge is 0.389 e. The van der Waals surface area contributed by atoms with Crippen molar-refractivity contribution in [3.8, 4) is 6.19 Å². The van der Waals surface area contributed by atoms with Gasteiger partial charge in [-0.1, -0.05) is 35.6 Å². The summed E-state index contributed by atoms with van der Waals surface area (Å²) in [6.07, 6.45) is 3.60. The molecule has 0 heterocycles. The number of aliphatic imine (C=N–C) groups is 1. The molecule has 88 valence electrons. The lowest BCUT2D eigenvalue weighted by molar-refractivity contribution is 1.28. The number of hydrogen-bond acceptors (Lipinski definition) is 4. The van der Waals surface area contributed by atoms with E-state index in [2.05, 4.69) is 10.3 Å². The zero-order valence-corrected chi connectivity index (χ0v) is 11.3. The van der Waals surface area contributed by atoms with Gasteiger partial charge < -0.3 is 5.73 Å². The molecule has 0 aliphatic rings. The molecule has 4 nitrogen and oxygen atoms in total. The molecule has 0 bridgehead atoms. The summed E-state index contributed by atoms with van der Waals surface area (Å²) in [6.45, 7) is 0. The number of nitrogens with two attached hydrogens (primary N) is 1. The molecule has 0 atom stereocenters. The first-order valence-electron chi connectivity index (χ1n) is 4.45. The SMILES string of the molecule is CSC(=Nc1cc(Cl)ccc1C(N)=S)NC#N. The Morgan fingerprint density at radius 2 is 2.35 bits per heavy atom. The summed E-state index contributed by atoms with van der Waals surface area (Å²) in [4.78, 5) is 4.48. The highest BCUT2D eigenvalue weighted by Crippen LogP contribution is 2.24. The predicted octanol–water partition coefficient (Wildman–Crippen LogP) is 2.40. The van der Waals surface area contributed by atoms with E-state index in [9.17, 15) is 0 Å². The molecule has 7 heteroatoms. The third-order valence-electron chi connectivity index (χ3n) is 1.80. The van der Waals surface area contributed by atoms with Gasteiger partial charge >= 0.3 is 0 Å². The summed E-state index contributed by atoms with van der Waals surface area (Å²) in [6, 6.07) is 5.03. The van der Waals surface area contributed by atoms with E-state index in [0.29, 0.717) is 21.4 Å². The van der Waals surface area contributed by atoms with Crippen LogP contribution in [0.2, 0.25) is 5.02 Å². The van der Waals surface area contributed by atoms with E-state index in [4.69, 9.17) is 34.8 Å². The Balaban J connectivity index is 3.24. The van der Waals surface area contributed by atoms with Crippen molar-refractivity contribution < 1.29 is 0 Å². The highest BCUT2D eigenvalue weighted by Gasteiger charge is 2.06. The van der Waals surface area contributed by atoms with Gasteiger partial charge in [0.1, 0.15) is 4.99 Å². The number of thioether (sulfide) groups is 1. The van der Waals surface area contributed by atoms with Crippen molar-refractivity contribution in [2.75, 3.05) is 6.26 Å². The zero-order chi connectivity index (χ0) is 12.8. The number of thiocarbonyl (C=S) groups is 1. The van der Waals surface area contributed by atoms with Gasteiger partial charge in [0.25, 0.3) is 0 Å². The second kappa shape index (κ2) is 6.45. The van der Waals surface area contributed by atoms with Crippen LogP contribution in [0.4, 0.5) is 5.69 Å². The van der Waals surface area contributed by atoms with Gasteiger partial charge in [-0.2, -0.15) is 5.26 Å². The number of amidine groups is 1. The van der Waals surface area contributed by atoms with Crippen molar-refractivity contribution in [3.05, 3.63) is 28.8 Å². The summed E-state index contributed by atoms with van der Waals surface area (Å²) in [5.41, 5.74) is 6.74. The van der Waals surface area contributed by atoms with Crippen molar-refractivity contribution in [1.29, 1.82) is 5.26 Å². The Morgan fingerprint density at radius 1 is 1.65 bits per heavy atom. The molecule has 0 spiro atoms. The number of halogens is 1. The highest BCUT2D eigenvalue weighted by molar-refractivity contribution is 8.13. The van der Waals surface area contributed by atoms with Crippen molar-refractivity contribution in [2.24, 2.45) is 10.7 Å². The van der Waals surface area contributed by atoms with E-state index >= 15 is 0 Å². The van der Waals surface area contributed by atoms with Gasteiger partial charge in [0.05, 0.1) is 5.69 Å². The summed E-state index contributed by atoms with van der Waals surface area (Å²) >= 11 is 12.1. The van der Waals surface area contributed by atoms with Crippen molar-refractivity contribution in [3.63, 3.8) is 0 Å². The Morgan fingerprint density at radius 3 is 2.88 bits per heavy atom. The molecule has 1 rings (SSSR count). The third kappa shape index (κ3) is 3.89. The Hall–Kier alpha value is -1.29. The standard InChI is InChI=1S/C10H9ClN4S2/c1-17-10(14-5-12)15-8-4-6(11)2-3-7(8)9(13)16/h2-4H,1H3,(H2,13,16)(H,14,15). The van der Waals surface area contributed by atoms with Crippen LogP contribution >= 0.6 is 35.6 Å². The Kier molecular flexibility index (Phi) is 5.22. The van der Waals surface area contributed by atoms with Gasteiger partial charge in [-0.05, 0) is 24.5 Å². The van der Waals surface area contributed by atoms with E-state index in [0.717, 1.165) is 0 Å². The molecule has 0 aromatic heterocycles. The zero-order valence-electron chi connectivity index (χ0n) is 8.90. The molecular formula is C10H9ClN4S2. The second-order valence-corrected chi connectivity index (χ2v) is 4.55. The molecule has 0 fully saturated rings. The minimum absolute atomic E-state index is 0.234. The molecule has 0 saturated carbocycles. The van der Waals surface area contributed by atoms with Gasteiger partial charge in [-0.15, -0.1) is 0 Å². The molecule has 0 amide bonds. The summed E-state index contributed by atoms with van der Waals surface area (Å²) < 4.78 is 0. The highest BCUT2D eigenvalue weighted by atomic mass is 35.5. The maximum absolute atomic E-state index is 8.55. The van der Waals surface area contributed by atoms with Crippen LogP contribution in [0.1, 0.15) is 5.56 Å². The number of hydrogen-bond donors (Lipinski definition) is 2. The van der Waals surface area contributed by atoms with Crippen molar-refractivity contribution >= 4 is 51.4 Å². The molecule has 0 unspecified atom stereocenters. The van der Waals surface area contributed by atoms with E-state index in [1.807, 2.05) is 0 Å². The fourth-order valence-electron chi connectivity index (χ4n) is 1.09. The maximum Gasteiger partial charge on any atom is 0.183 e. The summed E-state index contributed by atoms with van der Waals surface area (Å²) in [5.74, 6) is 0. The summed E-state index contributed by atoms with van der Waals surface area (Å²) in [5, 5.41) is 12.0. The number of nitrogens with zero attached hydrogens (tertiary/aromatic N) is 2. The van der Waals surface area contributed by atoms with E-state index in [1.54, 1.807) is 30.6 Å². The number of nitriles is 1. The topological polar surface area (TPSA) is 74.2 Å². The molecule has 1 aromatic rings. The van der Waals surface area contributed by atoms with Crippen LogP contribution in [0.3, 0.4) is 0 Å². The fourth-order valence-corrected chi connectivity index (χ4v) is 1.76. The number of nitrogens with one attached hydrogen (secondary N) is 1. The maximum atomic E-state index is 8.55. The number of rotatable bonds is 2. The summed E-state index contributed by atoms with van der Waals surface area (Å²) in [7, 11) is 0. The lowest BCUT2D eigenvalue weighted by atomic mass is 10.2. The average Bonchev–Trinajstić information content (AvgIpc) is 2.28. The van der Waals surface area contributed by atoms with Crippen molar-refractivity contribution in [1.82, 2.24) is 5.32 Å². The van der Waals surface area contributed by atoms with E-state index in [1.165, 1.54) is 11.8 Å². The van der Waals surface area contributed by atoms with Crippen molar-refractivity contribution in [2.45, 2.75) is 0 Å². The van der Waals surface area contributed by atoms with Gasteiger partial charge in [-0.25, -0.2) is 4.99 Å². The first kappa shape index (κ1) is 13.8. The smallest absolute Gasteiger partial charge is 0.183 e. The van der Waals surface area contributed by atoms with E-state index < -0.39 is 0 Å². The molecular weight excluding hydrogens is 276 g/mol. The molecule has 0 aliphatic heterocycles. The first-order chi connectivity index (χ1) is 8.08. The third-order valence-corrected chi connectivity index (χ3v) is 2.84. The molecule has 0 saturated heterocycles. The Labute approximate surface area is 114 Å². The number of benzene rings is 1. The minimum Gasteiger partial charge on any atom is -0.389 e. The van der Waals surface area contributed by atoms with Crippen LogP contribution in [0.25, 0.3) is 0 Å². The van der Waals surface area contributed by atoms with Gasteiger partial charge in [0.2, 0.25) is 0 Å². The van der Waals surface area contributed by atoms with Crippen LogP contribution in [0.15, 0.2) is 23.2 Å². The quantitative estimate of drug-likeness (QED) is 0.287. The minimum atomic E-state index is 0.234. The Bertz CT molecular complexity index is 508. The molecule has 17 heavy (non-hydrogen) atoms. The van der Waals surface area contributed by atoms with Crippen LogP contribution in [-0.2, 0) is 0 Å². The van der Waals surface area contributed by atoms with Crippen LogP contribution in [-0.4, -0.2) is 16.4 Å². The lowest BCUT2D eigenvalue weighted by Gasteiger charge is -2.06. The lowest BCUT2D eigenvalue weighted by Crippen LogP contribution is -2.14. The predicted molar refractivity (Wildman–Crippen MR) is 76.7 cm³/mol. The fraction of sp³-hybridized carbons (Fsp3) is 0.100. The van der Waals surface area contributed by atoms with Crippen LogP contribution in [0.5, 0.6) is 0 Å². The van der Waals surface area contributed by atoms with Gasteiger partial charge in [-0.3, -0.25) is 5.32 Å².